The van der Waals surface area contributed by atoms with Crippen LogP contribution in [0.15, 0.2) is 74.4 Å². The number of rotatable bonds is 14. The van der Waals surface area contributed by atoms with E-state index < -0.39 is 0 Å². The van der Waals surface area contributed by atoms with Crippen molar-refractivity contribution in [1.29, 1.82) is 0 Å². The second-order valence-corrected chi connectivity index (χ2v) is 9.48. The molecule has 0 aliphatic carbocycles. The van der Waals surface area contributed by atoms with Gasteiger partial charge in [-0.15, -0.1) is 13.2 Å². The molecule has 3 rings (SSSR count). The Bertz CT molecular complexity index is 942. The van der Waals surface area contributed by atoms with Gasteiger partial charge in [0.15, 0.2) is 0 Å². The van der Waals surface area contributed by atoms with Gasteiger partial charge in [-0.3, -0.25) is 0 Å². The first-order chi connectivity index (χ1) is 16.1. The minimum atomic E-state index is 0.315. The van der Waals surface area contributed by atoms with Gasteiger partial charge < -0.3 is 10.2 Å². The maximum Gasteiger partial charge on any atom is 0.0477 e. The summed E-state index contributed by atoms with van der Waals surface area (Å²) in [5.74, 6) is 0.616. The van der Waals surface area contributed by atoms with Crippen molar-refractivity contribution in [2.45, 2.75) is 70.4 Å². The number of nitrogens with zero attached hydrogens (tertiary/aromatic N) is 1. The molecule has 1 aliphatic heterocycles. The van der Waals surface area contributed by atoms with E-state index in [2.05, 4.69) is 85.4 Å². The average Bonchev–Trinajstić information content (AvgIpc) is 3.14. The number of nitrogens with one attached hydrogen (secondary N) is 1. The molecule has 0 amide bonds. The lowest BCUT2D eigenvalue weighted by Crippen LogP contribution is -2.27. The highest BCUT2D eigenvalue weighted by Gasteiger charge is 2.26. The quantitative estimate of drug-likeness (QED) is 0.242. The second kappa shape index (κ2) is 12.6. The Morgan fingerprint density at radius 1 is 1.06 bits per heavy atom. The third-order valence-electron chi connectivity index (χ3n) is 7.03. The fourth-order valence-electron chi connectivity index (χ4n) is 5.09. The van der Waals surface area contributed by atoms with Crippen LogP contribution >= 0.6 is 0 Å². The van der Waals surface area contributed by atoms with Crippen LogP contribution in [-0.2, 0) is 13.0 Å². The van der Waals surface area contributed by atoms with Gasteiger partial charge in [0.2, 0.25) is 0 Å². The summed E-state index contributed by atoms with van der Waals surface area (Å²) < 4.78 is 0. The van der Waals surface area contributed by atoms with Gasteiger partial charge in [-0.1, -0.05) is 73.2 Å². The molecule has 1 N–H and O–H groups in total. The Kier molecular flexibility index (Phi) is 9.57. The van der Waals surface area contributed by atoms with Gasteiger partial charge in [0.1, 0.15) is 0 Å². The summed E-state index contributed by atoms with van der Waals surface area (Å²) in [6, 6.07) is 16.4. The molecule has 0 bridgehead atoms. The van der Waals surface area contributed by atoms with E-state index in [4.69, 9.17) is 0 Å². The lowest BCUT2D eigenvalue weighted by atomic mass is 9.87. The first-order valence-electron chi connectivity index (χ1n) is 12.6. The largest absolute Gasteiger partial charge is 0.361 e. The van der Waals surface area contributed by atoms with E-state index in [-0.39, 0.29) is 0 Å². The van der Waals surface area contributed by atoms with E-state index in [1.165, 1.54) is 53.5 Å². The lowest BCUT2D eigenvalue weighted by molar-refractivity contribution is 0.334. The summed E-state index contributed by atoms with van der Waals surface area (Å²) in [7, 11) is 2.04. The van der Waals surface area contributed by atoms with Crippen LogP contribution in [0.25, 0.3) is 5.70 Å². The van der Waals surface area contributed by atoms with Gasteiger partial charge >= 0.3 is 0 Å². The SMILES string of the molecule is C=CCCC(C=C)N1Cc2cc(CCC(CCCCNC)c3cccc(C)c3)ccc2C1=C. The zero-order valence-corrected chi connectivity index (χ0v) is 20.8. The molecule has 0 saturated carbocycles. The monoisotopic (exact) mass is 442 g/mol. The minimum absolute atomic E-state index is 0.315. The fraction of sp³-hybridized carbons (Fsp3) is 0.419. The van der Waals surface area contributed by atoms with E-state index >= 15 is 0 Å². The van der Waals surface area contributed by atoms with Crippen molar-refractivity contribution < 1.29 is 0 Å². The molecule has 1 heterocycles. The number of fused-ring (bicyclic) bond motifs is 1. The zero-order valence-electron chi connectivity index (χ0n) is 20.8. The predicted molar refractivity (Wildman–Crippen MR) is 144 cm³/mol. The fourth-order valence-corrected chi connectivity index (χ4v) is 5.09. The molecule has 2 atom stereocenters. The van der Waals surface area contributed by atoms with Crippen molar-refractivity contribution >= 4 is 5.70 Å². The topological polar surface area (TPSA) is 15.3 Å². The summed E-state index contributed by atoms with van der Waals surface area (Å²) in [6.07, 6.45) is 12.2. The molecule has 0 saturated heterocycles. The van der Waals surface area contributed by atoms with Gasteiger partial charge in [0.05, 0.1) is 0 Å². The molecule has 0 aromatic heterocycles. The van der Waals surface area contributed by atoms with E-state index in [0.717, 1.165) is 38.0 Å². The molecule has 33 heavy (non-hydrogen) atoms. The maximum absolute atomic E-state index is 4.40. The predicted octanol–water partition coefficient (Wildman–Crippen LogP) is 7.41. The normalized spacial score (nSPS) is 14.7. The second-order valence-electron chi connectivity index (χ2n) is 9.48. The van der Waals surface area contributed by atoms with Gasteiger partial charge in [-0.25, -0.2) is 0 Å². The molecule has 1 aliphatic rings. The number of allylic oxidation sites excluding steroid dienone is 1. The van der Waals surface area contributed by atoms with Crippen molar-refractivity contribution in [3.8, 4) is 0 Å². The van der Waals surface area contributed by atoms with Crippen LogP contribution in [0.2, 0.25) is 0 Å². The molecule has 2 unspecified atom stereocenters. The Morgan fingerprint density at radius 2 is 1.91 bits per heavy atom. The van der Waals surface area contributed by atoms with E-state index in [1.54, 1.807) is 0 Å². The van der Waals surface area contributed by atoms with Gasteiger partial charge in [-0.05, 0) is 81.6 Å². The standard InChI is InChI=1S/C31H42N2/c1-6-8-15-30(7-2)33-23-29-22-26(17-19-31(29)25(33)4)16-18-27(13-9-10-20-32-5)28-14-11-12-24(3)21-28/h6-7,11-12,14,17,19,21-22,27,30,32H,1-2,4,8-10,13,15-16,18,20,23H2,3,5H3. The van der Waals surface area contributed by atoms with Crippen LogP contribution in [0, 0.1) is 6.92 Å². The van der Waals surface area contributed by atoms with Crippen molar-refractivity contribution in [1.82, 2.24) is 10.2 Å². The van der Waals surface area contributed by atoms with Crippen molar-refractivity contribution in [3.63, 3.8) is 0 Å². The summed E-state index contributed by atoms with van der Waals surface area (Å²) >= 11 is 0. The molecule has 2 aromatic carbocycles. The Labute approximate surface area is 202 Å². The average molecular weight is 443 g/mol. The number of unbranched alkanes of at least 4 members (excludes halogenated alkanes) is 1. The summed E-state index contributed by atoms with van der Waals surface area (Å²) in [6.45, 7) is 16.6. The Balaban J connectivity index is 1.68. The molecular weight excluding hydrogens is 400 g/mol. The lowest BCUT2D eigenvalue weighted by Gasteiger charge is -2.27. The highest BCUT2D eigenvalue weighted by molar-refractivity contribution is 5.69. The van der Waals surface area contributed by atoms with Gasteiger partial charge in [0, 0.05) is 23.8 Å². The number of hydrogen-bond donors (Lipinski definition) is 1. The Hall–Kier alpha value is -2.58. The third-order valence-corrected chi connectivity index (χ3v) is 7.03. The van der Waals surface area contributed by atoms with Crippen LogP contribution in [-0.4, -0.2) is 24.5 Å². The van der Waals surface area contributed by atoms with Crippen molar-refractivity contribution in [3.05, 3.63) is 102 Å². The van der Waals surface area contributed by atoms with E-state index in [9.17, 15) is 0 Å². The minimum Gasteiger partial charge on any atom is -0.361 e. The molecule has 0 spiro atoms. The maximum atomic E-state index is 4.40. The van der Waals surface area contributed by atoms with Crippen LogP contribution in [0.3, 0.4) is 0 Å². The van der Waals surface area contributed by atoms with Crippen molar-refractivity contribution in [2.24, 2.45) is 0 Å². The highest BCUT2D eigenvalue weighted by atomic mass is 15.2. The molecule has 2 aromatic rings. The van der Waals surface area contributed by atoms with Crippen molar-refractivity contribution in [2.75, 3.05) is 13.6 Å². The van der Waals surface area contributed by atoms with E-state index in [1.807, 2.05) is 13.1 Å². The molecular formula is C31H42N2. The summed E-state index contributed by atoms with van der Waals surface area (Å²) in [4.78, 5) is 2.41. The van der Waals surface area contributed by atoms with Crippen LogP contribution < -0.4 is 5.32 Å². The smallest absolute Gasteiger partial charge is 0.0477 e. The number of aryl methyl sites for hydroxylation is 2. The first-order valence-corrected chi connectivity index (χ1v) is 12.6. The third kappa shape index (κ3) is 6.71. The number of benzene rings is 2. The summed E-state index contributed by atoms with van der Waals surface area (Å²) in [5.41, 5.74) is 8.13. The molecule has 0 radical (unpaired) electrons. The van der Waals surface area contributed by atoms with Crippen LogP contribution in [0.4, 0.5) is 0 Å². The molecule has 0 fully saturated rings. The van der Waals surface area contributed by atoms with Crippen LogP contribution in [0.1, 0.15) is 72.3 Å². The Morgan fingerprint density at radius 3 is 2.64 bits per heavy atom. The molecule has 176 valence electrons. The zero-order chi connectivity index (χ0) is 23.6. The molecule has 2 heteroatoms. The van der Waals surface area contributed by atoms with Gasteiger partial charge in [0.25, 0.3) is 0 Å². The van der Waals surface area contributed by atoms with Gasteiger partial charge in [-0.2, -0.15) is 0 Å². The number of hydrogen-bond acceptors (Lipinski definition) is 2. The highest BCUT2D eigenvalue weighted by Crippen LogP contribution is 2.36. The van der Waals surface area contributed by atoms with Crippen LogP contribution in [0.5, 0.6) is 0 Å². The first kappa shape index (κ1) is 25.1. The van der Waals surface area contributed by atoms with E-state index in [0.29, 0.717) is 12.0 Å². The molecule has 2 nitrogen and oxygen atoms in total. The summed E-state index contributed by atoms with van der Waals surface area (Å²) in [5, 5.41) is 3.28.